The predicted molar refractivity (Wildman–Crippen MR) is 99.1 cm³/mol. The molecule has 1 aliphatic rings. The Kier molecular flexibility index (Phi) is 6.01. The molecule has 1 fully saturated rings. The molecule has 2 aromatic rings. The fourth-order valence-electron chi connectivity index (χ4n) is 3.38. The number of benzene rings is 2. The number of aliphatic hydroxyl groups is 1. The Labute approximate surface area is 153 Å². The summed E-state index contributed by atoms with van der Waals surface area (Å²) in [5.41, 5.74) is 1.01. The molecule has 0 unspecified atom stereocenters. The van der Waals surface area contributed by atoms with Crippen molar-refractivity contribution in [1.29, 1.82) is 0 Å². The Morgan fingerprint density at radius 2 is 1.73 bits per heavy atom. The number of nitrogens with zero attached hydrogens (tertiary/aromatic N) is 1. The van der Waals surface area contributed by atoms with Gasteiger partial charge in [0.25, 0.3) is 0 Å². The lowest BCUT2D eigenvalue weighted by molar-refractivity contribution is -0.123. The van der Waals surface area contributed by atoms with E-state index in [0.29, 0.717) is 39.0 Å². The summed E-state index contributed by atoms with van der Waals surface area (Å²) in [6.07, 6.45) is 1.89. The maximum absolute atomic E-state index is 13.1. The lowest BCUT2D eigenvalue weighted by Gasteiger charge is -2.38. The van der Waals surface area contributed by atoms with E-state index in [2.05, 4.69) is 10.2 Å². The van der Waals surface area contributed by atoms with E-state index < -0.39 is 5.60 Å². The fraction of sp³-hybridized carbons (Fsp3) is 0.381. The van der Waals surface area contributed by atoms with Gasteiger partial charge in [0.1, 0.15) is 5.82 Å². The molecule has 1 saturated heterocycles. The van der Waals surface area contributed by atoms with E-state index in [4.69, 9.17) is 0 Å². The van der Waals surface area contributed by atoms with Gasteiger partial charge in [-0.05, 0) is 42.5 Å². The third-order valence-electron chi connectivity index (χ3n) is 5.01. The monoisotopic (exact) mass is 356 g/mol. The SMILES string of the molecule is O=C(CN1CCC(O)(c2ccc(F)cc2)CC1)NCCc1ccccc1. The van der Waals surface area contributed by atoms with Crippen LogP contribution in [0.1, 0.15) is 24.0 Å². The van der Waals surface area contributed by atoms with E-state index in [0.717, 1.165) is 12.0 Å². The lowest BCUT2D eigenvalue weighted by Crippen LogP contribution is -2.46. The van der Waals surface area contributed by atoms with Crippen LogP contribution < -0.4 is 5.32 Å². The van der Waals surface area contributed by atoms with Crippen LogP contribution in [-0.2, 0) is 16.8 Å². The average Bonchev–Trinajstić information content (AvgIpc) is 2.65. The van der Waals surface area contributed by atoms with Crippen LogP contribution in [0.2, 0.25) is 0 Å². The van der Waals surface area contributed by atoms with Crippen molar-refractivity contribution in [1.82, 2.24) is 10.2 Å². The van der Waals surface area contributed by atoms with Gasteiger partial charge in [-0.25, -0.2) is 4.39 Å². The van der Waals surface area contributed by atoms with Gasteiger partial charge in [-0.1, -0.05) is 42.5 Å². The summed E-state index contributed by atoms with van der Waals surface area (Å²) in [4.78, 5) is 14.2. The molecule has 0 bridgehead atoms. The van der Waals surface area contributed by atoms with Crippen molar-refractivity contribution < 1.29 is 14.3 Å². The van der Waals surface area contributed by atoms with Gasteiger partial charge < -0.3 is 10.4 Å². The number of rotatable bonds is 6. The van der Waals surface area contributed by atoms with Crippen molar-refractivity contribution in [3.8, 4) is 0 Å². The first kappa shape index (κ1) is 18.5. The Morgan fingerprint density at radius 3 is 2.38 bits per heavy atom. The number of amides is 1. The van der Waals surface area contributed by atoms with Crippen LogP contribution >= 0.6 is 0 Å². The Balaban J connectivity index is 1.42. The summed E-state index contributed by atoms with van der Waals surface area (Å²) in [5, 5.41) is 13.8. The van der Waals surface area contributed by atoms with E-state index in [1.54, 1.807) is 12.1 Å². The standard InChI is InChI=1S/C21H25FN2O2/c22-19-8-6-18(7-9-19)21(26)11-14-24(15-12-21)16-20(25)23-13-10-17-4-2-1-3-5-17/h1-9,26H,10-16H2,(H,23,25). The van der Waals surface area contributed by atoms with Crippen molar-refractivity contribution in [2.75, 3.05) is 26.2 Å². The Morgan fingerprint density at radius 1 is 1.08 bits per heavy atom. The van der Waals surface area contributed by atoms with Gasteiger partial charge in [0.15, 0.2) is 0 Å². The first-order valence-electron chi connectivity index (χ1n) is 9.07. The third-order valence-corrected chi connectivity index (χ3v) is 5.01. The molecule has 0 atom stereocenters. The molecule has 1 amide bonds. The van der Waals surface area contributed by atoms with Crippen molar-refractivity contribution in [3.63, 3.8) is 0 Å². The third kappa shape index (κ3) is 4.90. The number of carbonyl (C=O) groups is 1. The van der Waals surface area contributed by atoms with Crippen molar-refractivity contribution in [3.05, 3.63) is 71.5 Å². The molecule has 26 heavy (non-hydrogen) atoms. The maximum atomic E-state index is 13.1. The maximum Gasteiger partial charge on any atom is 0.234 e. The quantitative estimate of drug-likeness (QED) is 0.836. The molecule has 0 saturated carbocycles. The van der Waals surface area contributed by atoms with Gasteiger partial charge in [-0.2, -0.15) is 0 Å². The van der Waals surface area contributed by atoms with Crippen LogP contribution in [0.3, 0.4) is 0 Å². The number of hydrogen-bond donors (Lipinski definition) is 2. The van der Waals surface area contributed by atoms with Crippen molar-refractivity contribution in [2.45, 2.75) is 24.9 Å². The number of nitrogens with one attached hydrogen (secondary N) is 1. The average molecular weight is 356 g/mol. The van der Waals surface area contributed by atoms with Gasteiger partial charge in [0.2, 0.25) is 5.91 Å². The molecular weight excluding hydrogens is 331 g/mol. The molecule has 138 valence electrons. The van der Waals surface area contributed by atoms with Crippen molar-refractivity contribution in [2.24, 2.45) is 0 Å². The van der Waals surface area contributed by atoms with E-state index >= 15 is 0 Å². The summed E-state index contributed by atoms with van der Waals surface area (Å²) >= 11 is 0. The van der Waals surface area contributed by atoms with E-state index in [9.17, 15) is 14.3 Å². The molecule has 0 aromatic heterocycles. The van der Waals surface area contributed by atoms with Crippen molar-refractivity contribution >= 4 is 5.91 Å². The molecular formula is C21H25FN2O2. The normalized spacial score (nSPS) is 17.0. The second-order valence-corrected chi connectivity index (χ2v) is 6.90. The zero-order chi connectivity index (χ0) is 18.4. The fourth-order valence-corrected chi connectivity index (χ4v) is 3.38. The molecule has 5 heteroatoms. The first-order chi connectivity index (χ1) is 12.5. The van der Waals surface area contributed by atoms with Crippen LogP contribution in [0.15, 0.2) is 54.6 Å². The molecule has 0 spiro atoms. The molecule has 0 aliphatic carbocycles. The molecule has 4 nitrogen and oxygen atoms in total. The largest absolute Gasteiger partial charge is 0.385 e. The second kappa shape index (κ2) is 8.43. The number of halogens is 1. The zero-order valence-electron chi connectivity index (χ0n) is 14.8. The predicted octanol–water partition coefficient (Wildman–Crippen LogP) is 2.47. The van der Waals surface area contributed by atoms with Crippen LogP contribution in [0.5, 0.6) is 0 Å². The second-order valence-electron chi connectivity index (χ2n) is 6.90. The molecule has 1 heterocycles. The zero-order valence-corrected chi connectivity index (χ0v) is 14.8. The summed E-state index contributed by atoms with van der Waals surface area (Å²) in [6.45, 7) is 2.24. The highest BCUT2D eigenvalue weighted by Crippen LogP contribution is 2.32. The van der Waals surface area contributed by atoms with Crippen LogP contribution in [0.25, 0.3) is 0 Å². The molecule has 2 N–H and O–H groups in total. The Hall–Kier alpha value is -2.24. The van der Waals surface area contributed by atoms with Gasteiger partial charge in [-0.3, -0.25) is 9.69 Å². The summed E-state index contributed by atoms with van der Waals surface area (Å²) < 4.78 is 13.1. The minimum atomic E-state index is -0.937. The van der Waals surface area contributed by atoms with Crippen LogP contribution in [0, 0.1) is 5.82 Å². The molecule has 2 aromatic carbocycles. The summed E-state index contributed by atoms with van der Waals surface area (Å²) in [5.74, 6) is -0.296. The number of piperidine rings is 1. The Bertz CT molecular complexity index is 711. The lowest BCUT2D eigenvalue weighted by atomic mass is 9.84. The summed E-state index contributed by atoms with van der Waals surface area (Å²) in [7, 11) is 0. The van der Waals surface area contributed by atoms with Gasteiger partial charge >= 0.3 is 0 Å². The molecule has 3 rings (SSSR count). The smallest absolute Gasteiger partial charge is 0.234 e. The highest BCUT2D eigenvalue weighted by molar-refractivity contribution is 5.78. The first-order valence-corrected chi connectivity index (χ1v) is 9.07. The number of carbonyl (C=O) groups excluding carboxylic acids is 1. The van der Waals surface area contributed by atoms with E-state index in [1.165, 1.54) is 17.7 Å². The molecule has 0 radical (unpaired) electrons. The van der Waals surface area contributed by atoms with Gasteiger partial charge in [0.05, 0.1) is 12.1 Å². The molecule has 1 aliphatic heterocycles. The van der Waals surface area contributed by atoms with E-state index in [-0.39, 0.29) is 11.7 Å². The number of likely N-dealkylation sites (tertiary alicyclic amines) is 1. The van der Waals surface area contributed by atoms with Crippen LogP contribution in [-0.4, -0.2) is 42.1 Å². The minimum Gasteiger partial charge on any atom is -0.385 e. The topological polar surface area (TPSA) is 52.6 Å². The van der Waals surface area contributed by atoms with Gasteiger partial charge in [0, 0.05) is 19.6 Å². The van der Waals surface area contributed by atoms with Crippen LogP contribution in [0.4, 0.5) is 4.39 Å². The highest BCUT2D eigenvalue weighted by atomic mass is 19.1. The minimum absolute atomic E-state index is 0.00755. The highest BCUT2D eigenvalue weighted by Gasteiger charge is 2.34. The number of hydrogen-bond acceptors (Lipinski definition) is 3. The van der Waals surface area contributed by atoms with E-state index in [1.807, 2.05) is 30.3 Å². The summed E-state index contributed by atoms with van der Waals surface area (Å²) in [6, 6.07) is 16.1. The van der Waals surface area contributed by atoms with Gasteiger partial charge in [-0.15, -0.1) is 0 Å².